The molecular weight excluding hydrogens is 440 g/mol. The second-order valence-corrected chi connectivity index (χ2v) is 10.1. The highest BCUT2D eigenvalue weighted by molar-refractivity contribution is 7.07. The molecule has 1 saturated heterocycles. The lowest BCUT2D eigenvalue weighted by Gasteiger charge is -2.28. The minimum absolute atomic E-state index is 0.0364. The fourth-order valence-electron chi connectivity index (χ4n) is 3.29. The fourth-order valence-corrected chi connectivity index (χ4v) is 3.64. The van der Waals surface area contributed by atoms with Crippen LogP contribution in [0.4, 0.5) is 4.79 Å². The van der Waals surface area contributed by atoms with Crippen molar-refractivity contribution in [1.82, 2.24) is 20.1 Å². The molecule has 3 rings (SSSR count). The number of likely N-dealkylation sites (tertiary alicyclic amines) is 1. The molecule has 188 valence electrons. The highest BCUT2D eigenvalue weighted by atomic mass is 32.1. The predicted molar refractivity (Wildman–Crippen MR) is 132 cm³/mol. The van der Waals surface area contributed by atoms with Crippen molar-refractivity contribution in [1.29, 1.82) is 0 Å². The highest BCUT2D eigenvalue weighted by Crippen LogP contribution is 2.15. The van der Waals surface area contributed by atoms with Gasteiger partial charge in [0.2, 0.25) is 11.8 Å². The Balaban J connectivity index is 0.000000396. The number of amides is 3. The molecular formula is C24H42N4O4S. The van der Waals surface area contributed by atoms with E-state index >= 15 is 0 Å². The molecule has 1 unspecified atom stereocenters. The number of thiazole rings is 1. The van der Waals surface area contributed by atoms with Crippen LogP contribution < -0.4 is 5.32 Å². The van der Waals surface area contributed by atoms with Crippen LogP contribution in [0.2, 0.25) is 0 Å². The van der Waals surface area contributed by atoms with Crippen molar-refractivity contribution in [2.45, 2.75) is 90.7 Å². The first kappa shape index (κ1) is 28.9. The van der Waals surface area contributed by atoms with Crippen molar-refractivity contribution < 1.29 is 19.1 Å². The van der Waals surface area contributed by atoms with Gasteiger partial charge >= 0.3 is 6.09 Å². The molecule has 8 nitrogen and oxygen atoms in total. The number of nitrogens with one attached hydrogen (secondary N) is 1. The molecule has 9 heteroatoms. The molecule has 3 amide bonds. The zero-order chi connectivity index (χ0) is 24.7. The number of carbonyl (C=O) groups excluding carboxylic acids is 3. The smallest absolute Gasteiger partial charge is 0.410 e. The van der Waals surface area contributed by atoms with Crippen molar-refractivity contribution in [2.75, 3.05) is 26.7 Å². The Hall–Kier alpha value is -2.16. The Morgan fingerprint density at radius 3 is 2.00 bits per heavy atom. The molecule has 1 aliphatic heterocycles. The minimum atomic E-state index is -0.707. The maximum atomic E-state index is 12.0. The molecule has 1 aliphatic carbocycles. The maximum absolute atomic E-state index is 12.0. The van der Waals surface area contributed by atoms with Crippen LogP contribution in [0.1, 0.15) is 79.1 Å². The number of carbonyl (C=O) groups is 3. The summed E-state index contributed by atoms with van der Waals surface area (Å²) >= 11 is 1.60. The predicted octanol–water partition coefficient (Wildman–Crippen LogP) is 4.46. The Morgan fingerprint density at radius 1 is 1.06 bits per heavy atom. The summed E-state index contributed by atoms with van der Waals surface area (Å²) < 4.78 is 5.21. The number of hydrogen-bond acceptors (Lipinski definition) is 6. The van der Waals surface area contributed by atoms with E-state index in [-0.39, 0.29) is 18.4 Å². The van der Waals surface area contributed by atoms with Gasteiger partial charge in [0.15, 0.2) is 0 Å². The molecule has 0 bridgehead atoms. The zero-order valence-corrected chi connectivity index (χ0v) is 21.8. The molecule has 2 aliphatic rings. The summed E-state index contributed by atoms with van der Waals surface area (Å²) in [5.74, 6) is -0.459. The number of ether oxygens (including phenoxy) is 1. The van der Waals surface area contributed by atoms with Gasteiger partial charge in [-0.2, -0.15) is 0 Å². The second-order valence-electron chi connectivity index (χ2n) is 9.37. The number of likely N-dealkylation sites (N-methyl/N-ethyl adjacent to an activating group) is 1. The number of rotatable bonds is 4. The van der Waals surface area contributed by atoms with E-state index in [9.17, 15) is 14.4 Å². The van der Waals surface area contributed by atoms with Crippen molar-refractivity contribution in [3.05, 3.63) is 17.1 Å². The quantitative estimate of drug-likeness (QED) is 0.684. The molecule has 1 aromatic rings. The van der Waals surface area contributed by atoms with Gasteiger partial charge in [0.25, 0.3) is 0 Å². The second kappa shape index (κ2) is 15.6. The van der Waals surface area contributed by atoms with Crippen LogP contribution in [-0.2, 0) is 14.3 Å². The molecule has 2 fully saturated rings. The summed E-state index contributed by atoms with van der Waals surface area (Å²) in [6.07, 6.45) is 12.2. The summed E-state index contributed by atoms with van der Waals surface area (Å²) in [6.45, 7) is 8.35. The first-order valence-corrected chi connectivity index (χ1v) is 12.9. The third-order valence-corrected chi connectivity index (χ3v) is 5.88. The van der Waals surface area contributed by atoms with Gasteiger partial charge in [0.05, 0.1) is 12.1 Å². The van der Waals surface area contributed by atoms with Gasteiger partial charge in [0, 0.05) is 31.7 Å². The van der Waals surface area contributed by atoms with Crippen LogP contribution in [0.15, 0.2) is 17.1 Å². The topological polar surface area (TPSA) is 91.8 Å². The first-order chi connectivity index (χ1) is 15.6. The summed E-state index contributed by atoms with van der Waals surface area (Å²) in [7, 11) is 1.50. The van der Waals surface area contributed by atoms with Crippen LogP contribution in [0.5, 0.6) is 0 Å². The lowest BCUT2D eigenvalue weighted by atomic mass is 10.0. The van der Waals surface area contributed by atoms with E-state index in [0.717, 1.165) is 25.9 Å². The average Bonchev–Trinajstić information content (AvgIpc) is 3.53. The van der Waals surface area contributed by atoms with Crippen LogP contribution in [0, 0.1) is 0 Å². The van der Waals surface area contributed by atoms with Crippen LogP contribution >= 0.6 is 11.3 Å². The molecule has 0 radical (unpaired) electrons. The molecule has 33 heavy (non-hydrogen) atoms. The molecule has 1 aromatic heterocycles. The van der Waals surface area contributed by atoms with Gasteiger partial charge in [0.1, 0.15) is 11.6 Å². The Bertz CT molecular complexity index is 652. The maximum Gasteiger partial charge on any atom is 0.410 e. The third-order valence-electron chi connectivity index (χ3n) is 5.36. The zero-order valence-electron chi connectivity index (χ0n) is 21.0. The largest absolute Gasteiger partial charge is 0.444 e. The van der Waals surface area contributed by atoms with Gasteiger partial charge in [-0.25, -0.2) is 4.79 Å². The molecule has 1 atom stereocenters. The number of aromatic nitrogens is 1. The lowest BCUT2D eigenvalue weighted by molar-refractivity contribution is -0.133. The summed E-state index contributed by atoms with van der Waals surface area (Å²) in [5, 5.41) is 4.51. The minimum Gasteiger partial charge on any atom is -0.444 e. The van der Waals surface area contributed by atoms with E-state index in [1.54, 1.807) is 55.6 Å². The van der Waals surface area contributed by atoms with Gasteiger partial charge in [-0.15, -0.1) is 11.3 Å². The number of nitrogens with zero attached hydrogens (tertiary/aromatic N) is 3. The van der Waals surface area contributed by atoms with Gasteiger partial charge in [-0.05, 0) is 40.5 Å². The molecule has 0 aromatic carbocycles. The number of hydrogen-bond donors (Lipinski definition) is 1. The molecule has 2 heterocycles. The van der Waals surface area contributed by atoms with Crippen LogP contribution in [0.3, 0.4) is 0 Å². The fraction of sp³-hybridized carbons (Fsp3) is 0.750. The monoisotopic (exact) mass is 482 g/mol. The summed E-state index contributed by atoms with van der Waals surface area (Å²) in [5.41, 5.74) is 1.17. The molecule has 1 saturated carbocycles. The normalized spacial score (nSPS) is 16.3. The molecule has 0 spiro atoms. The van der Waals surface area contributed by atoms with E-state index in [2.05, 4.69) is 10.3 Å². The summed E-state index contributed by atoms with van der Waals surface area (Å²) in [6, 6.07) is -0.707. The SMILES string of the molecule is C1CCCCC1.CC(C(=O)NCC(=O)N1CCCC1)N(C)C(=O)OC(C)(C)C.c1cscn1. The average molecular weight is 483 g/mol. The van der Waals surface area contributed by atoms with E-state index in [4.69, 9.17) is 4.74 Å². The molecule has 1 N–H and O–H groups in total. The Morgan fingerprint density at radius 2 is 1.61 bits per heavy atom. The van der Waals surface area contributed by atoms with Crippen LogP contribution in [-0.4, -0.2) is 71.0 Å². The van der Waals surface area contributed by atoms with Gasteiger partial charge in [-0.3, -0.25) is 19.5 Å². The summed E-state index contributed by atoms with van der Waals surface area (Å²) in [4.78, 5) is 42.5. The van der Waals surface area contributed by atoms with E-state index in [1.165, 1.54) is 50.5 Å². The van der Waals surface area contributed by atoms with Crippen molar-refractivity contribution in [2.24, 2.45) is 0 Å². The lowest BCUT2D eigenvalue weighted by Crippen LogP contribution is -2.49. The van der Waals surface area contributed by atoms with Gasteiger partial charge < -0.3 is 15.0 Å². The van der Waals surface area contributed by atoms with Crippen molar-refractivity contribution in [3.8, 4) is 0 Å². The van der Waals surface area contributed by atoms with E-state index in [1.807, 2.05) is 5.38 Å². The Labute approximate surface area is 203 Å². The first-order valence-electron chi connectivity index (χ1n) is 11.9. The standard InChI is InChI=1S/C15H27N3O4.C6H12.C3H3NS/c1-11(17(5)14(21)22-15(2,3)4)13(20)16-10-12(19)18-8-6-7-9-18;1-2-4-6-5-3-1;1-2-5-3-4-1/h11H,6-10H2,1-5H3,(H,16,20);1-6H2;1-3H. The van der Waals surface area contributed by atoms with Crippen LogP contribution in [0.25, 0.3) is 0 Å². The van der Waals surface area contributed by atoms with E-state index in [0.29, 0.717) is 0 Å². The third kappa shape index (κ3) is 13.2. The van der Waals surface area contributed by atoms with Crippen molar-refractivity contribution >= 4 is 29.2 Å². The highest BCUT2D eigenvalue weighted by Gasteiger charge is 2.27. The van der Waals surface area contributed by atoms with Crippen molar-refractivity contribution in [3.63, 3.8) is 0 Å². The van der Waals surface area contributed by atoms with Gasteiger partial charge in [-0.1, -0.05) is 38.5 Å². The van der Waals surface area contributed by atoms with E-state index < -0.39 is 17.7 Å². The Kier molecular flexibility index (Phi) is 13.7.